The number of hydrogen-bond donors (Lipinski definition) is 2. The van der Waals surface area contributed by atoms with Gasteiger partial charge in [0.05, 0.1) is 25.3 Å². The van der Waals surface area contributed by atoms with Gasteiger partial charge in [0.25, 0.3) is 0 Å². The molecule has 2 aromatic heterocycles. The molecule has 0 unspecified atom stereocenters. The summed E-state index contributed by atoms with van der Waals surface area (Å²) in [5.41, 5.74) is 1.89. The largest absolute Gasteiger partial charge is 0.493 e. The van der Waals surface area contributed by atoms with Crippen LogP contribution in [0.5, 0.6) is 11.5 Å². The minimum atomic E-state index is -0.367. The molecule has 162 valence electrons. The zero-order chi connectivity index (χ0) is 21.9. The molecule has 0 saturated carbocycles. The predicted molar refractivity (Wildman–Crippen MR) is 116 cm³/mol. The number of hydrogen-bond acceptors (Lipinski definition) is 7. The first-order chi connectivity index (χ1) is 14.3. The van der Waals surface area contributed by atoms with Crippen molar-refractivity contribution in [2.75, 3.05) is 32.6 Å². The topological polar surface area (TPSA) is 103 Å². The molecule has 9 nitrogen and oxygen atoms in total. The van der Waals surface area contributed by atoms with E-state index in [9.17, 15) is 4.79 Å². The van der Waals surface area contributed by atoms with Gasteiger partial charge in [0.2, 0.25) is 11.6 Å². The molecule has 9 heteroatoms. The second-order valence-electron chi connectivity index (χ2n) is 8.20. The Hall–Kier alpha value is -3.10. The number of carbonyl (C=O) groups is 1. The van der Waals surface area contributed by atoms with Crippen LogP contribution >= 0.6 is 0 Å². The molecule has 0 radical (unpaired) electrons. The van der Waals surface area contributed by atoms with Gasteiger partial charge in [-0.1, -0.05) is 20.8 Å². The van der Waals surface area contributed by atoms with Crippen LogP contribution < -0.4 is 20.1 Å². The molecule has 3 rings (SSSR count). The first-order valence-electron chi connectivity index (χ1n) is 10.1. The zero-order valence-corrected chi connectivity index (χ0v) is 18.5. The average Bonchev–Trinajstić information content (AvgIpc) is 3.10. The number of ether oxygens (including phenoxy) is 2. The molecule has 0 bridgehead atoms. The number of aryl methyl sites for hydroxylation is 1. The van der Waals surface area contributed by atoms with Gasteiger partial charge in [-0.25, -0.2) is 4.98 Å². The molecule has 2 heterocycles. The highest BCUT2D eigenvalue weighted by molar-refractivity contribution is 5.86. The van der Waals surface area contributed by atoms with Crippen LogP contribution in [0.4, 0.5) is 5.82 Å². The fraction of sp³-hybridized carbons (Fsp3) is 0.524. The highest BCUT2D eigenvalue weighted by Gasteiger charge is 2.20. The van der Waals surface area contributed by atoms with E-state index in [4.69, 9.17) is 14.5 Å². The van der Waals surface area contributed by atoms with Gasteiger partial charge in [-0.05, 0) is 19.8 Å². The lowest BCUT2D eigenvalue weighted by Gasteiger charge is -2.17. The summed E-state index contributed by atoms with van der Waals surface area (Å²) in [5.74, 6) is 2.73. The number of amides is 1. The monoisotopic (exact) mass is 414 g/mol. The third-order valence-electron chi connectivity index (χ3n) is 4.85. The van der Waals surface area contributed by atoms with Crippen LogP contribution in [0.25, 0.3) is 16.7 Å². The Balaban J connectivity index is 1.75. The van der Waals surface area contributed by atoms with Crippen molar-refractivity contribution >= 4 is 28.4 Å². The molecular weight excluding hydrogens is 384 g/mol. The van der Waals surface area contributed by atoms with Crippen molar-refractivity contribution in [1.82, 2.24) is 24.9 Å². The Morgan fingerprint density at radius 2 is 1.73 bits per heavy atom. The van der Waals surface area contributed by atoms with Crippen LogP contribution in [-0.4, -0.2) is 52.8 Å². The summed E-state index contributed by atoms with van der Waals surface area (Å²) in [4.78, 5) is 16.7. The molecule has 0 atom stereocenters. The van der Waals surface area contributed by atoms with Gasteiger partial charge in [-0.15, -0.1) is 10.2 Å². The third-order valence-corrected chi connectivity index (χ3v) is 4.85. The Morgan fingerprint density at radius 3 is 2.40 bits per heavy atom. The lowest BCUT2D eigenvalue weighted by atomic mass is 9.96. The Morgan fingerprint density at radius 1 is 1.07 bits per heavy atom. The maximum Gasteiger partial charge on any atom is 0.225 e. The predicted octanol–water partition coefficient (Wildman–Crippen LogP) is 2.96. The van der Waals surface area contributed by atoms with E-state index in [0.29, 0.717) is 36.1 Å². The molecule has 0 fully saturated rings. The summed E-state index contributed by atoms with van der Waals surface area (Å²) in [6.07, 6.45) is 1.75. The highest BCUT2D eigenvalue weighted by Crippen LogP contribution is 2.33. The summed E-state index contributed by atoms with van der Waals surface area (Å²) < 4.78 is 12.8. The molecule has 0 aliphatic carbocycles. The second kappa shape index (κ2) is 8.73. The maximum absolute atomic E-state index is 11.9. The van der Waals surface area contributed by atoms with Gasteiger partial charge in [0, 0.05) is 30.6 Å². The van der Waals surface area contributed by atoms with E-state index in [2.05, 4.69) is 20.8 Å². The third kappa shape index (κ3) is 4.39. The molecule has 1 aromatic carbocycles. The van der Waals surface area contributed by atoms with Gasteiger partial charge < -0.3 is 20.1 Å². The number of nitrogens with zero attached hydrogens (tertiary/aromatic N) is 4. The number of carbonyl (C=O) groups excluding carboxylic acids is 1. The first-order valence-corrected chi connectivity index (χ1v) is 10.1. The number of fused-ring (bicyclic) bond motifs is 3. The van der Waals surface area contributed by atoms with Crippen molar-refractivity contribution in [3.05, 3.63) is 18.0 Å². The number of methoxy groups -OCH3 is 2. The summed E-state index contributed by atoms with van der Waals surface area (Å²) in [6.45, 7) is 8.99. The average molecular weight is 415 g/mol. The molecule has 30 heavy (non-hydrogen) atoms. The van der Waals surface area contributed by atoms with Crippen molar-refractivity contribution in [3.63, 3.8) is 0 Å². The number of aromatic nitrogens is 4. The number of rotatable bonds is 8. The second-order valence-corrected chi connectivity index (χ2v) is 8.20. The zero-order valence-electron chi connectivity index (χ0n) is 18.5. The van der Waals surface area contributed by atoms with E-state index in [-0.39, 0.29) is 11.3 Å². The number of unbranched alkanes of at least 4 members (excludes halogenated alkanes) is 1. The Kier molecular flexibility index (Phi) is 6.28. The van der Waals surface area contributed by atoms with Gasteiger partial charge >= 0.3 is 0 Å². The molecule has 3 aromatic rings. The van der Waals surface area contributed by atoms with E-state index in [1.807, 2.05) is 44.2 Å². The molecule has 2 N–H and O–H groups in total. The summed E-state index contributed by atoms with van der Waals surface area (Å²) in [7, 11) is 3.21. The fourth-order valence-electron chi connectivity index (χ4n) is 3.14. The van der Waals surface area contributed by atoms with Gasteiger partial charge in [0.15, 0.2) is 17.3 Å². The molecular formula is C21H30N6O3. The van der Waals surface area contributed by atoms with Crippen molar-refractivity contribution in [2.24, 2.45) is 5.41 Å². The fourth-order valence-corrected chi connectivity index (χ4v) is 3.14. The highest BCUT2D eigenvalue weighted by atomic mass is 16.5. The minimum absolute atomic E-state index is 0.0664. The maximum atomic E-state index is 11.9. The Labute approximate surface area is 176 Å². The van der Waals surface area contributed by atoms with Crippen LogP contribution in [0.1, 0.15) is 39.4 Å². The molecule has 0 saturated heterocycles. The van der Waals surface area contributed by atoms with E-state index in [1.165, 1.54) is 0 Å². The van der Waals surface area contributed by atoms with Crippen LogP contribution in [0, 0.1) is 12.3 Å². The van der Waals surface area contributed by atoms with E-state index >= 15 is 0 Å². The number of benzene rings is 1. The van der Waals surface area contributed by atoms with Crippen LogP contribution in [0.2, 0.25) is 0 Å². The SMILES string of the molecule is COc1cc2nc(NCCCCNC(=O)C(C)(C)C)c3nnc(C)n3c2cc1OC. The summed E-state index contributed by atoms with van der Waals surface area (Å²) >= 11 is 0. The number of anilines is 1. The van der Waals surface area contributed by atoms with E-state index < -0.39 is 0 Å². The van der Waals surface area contributed by atoms with Crippen LogP contribution in [-0.2, 0) is 4.79 Å². The van der Waals surface area contributed by atoms with Gasteiger partial charge in [0.1, 0.15) is 5.82 Å². The molecule has 0 spiro atoms. The van der Waals surface area contributed by atoms with Crippen molar-refractivity contribution in [1.29, 1.82) is 0 Å². The minimum Gasteiger partial charge on any atom is -0.493 e. The number of nitrogens with one attached hydrogen (secondary N) is 2. The van der Waals surface area contributed by atoms with Crippen LogP contribution in [0.15, 0.2) is 12.1 Å². The smallest absolute Gasteiger partial charge is 0.225 e. The molecule has 0 aliphatic rings. The lowest BCUT2D eigenvalue weighted by molar-refractivity contribution is -0.128. The quantitative estimate of drug-likeness (QED) is 0.546. The van der Waals surface area contributed by atoms with Crippen molar-refractivity contribution < 1.29 is 14.3 Å². The van der Waals surface area contributed by atoms with Gasteiger partial charge in [-0.2, -0.15) is 0 Å². The van der Waals surface area contributed by atoms with E-state index in [0.717, 1.165) is 29.7 Å². The van der Waals surface area contributed by atoms with Crippen molar-refractivity contribution in [3.8, 4) is 11.5 Å². The molecule has 1 amide bonds. The Bertz CT molecular complexity index is 1050. The summed E-state index contributed by atoms with van der Waals surface area (Å²) in [5, 5.41) is 14.8. The normalized spacial score (nSPS) is 11.7. The van der Waals surface area contributed by atoms with Crippen molar-refractivity contribution in [2.45, 2.75) is 40.5 Å². The first kappa shape index (κ1) is 21.6. The van der Waals surface area contributed by atoms with E-state index in [1.54, 1.807) is 14.2 Å². The standard InChI is InChI=1S/C21H30N6O3/c1-13-25-26-19-18(22-9-7-8-10-23-20(28)21(2,3)4)24-14-11-16(29-5)17(30-6)12-15(14)27(13)19/h11-12H,7-10H2,1-6H3,(H,22,24)(H,23,28). The lowest BCUT2D eigenvalue weighted by Crippen LogP contribution is -2.35. The summed E-state index contributed by atoms with van der Waals surface area (Å²) in [6, 6.07) is 3.73. The van der Waals surface area contributed by atoms with Gasteiger partial charge in [-0.3, -0.25) is 9.20 Å². The van der Waals surface area contributed by atoms with Crippen LogP contribution in [0.3, 0.4) is 0 Å². The molecule has 0 aliphatic heterocycles.